The third-order valence-corrected chi connectivity index (χ3v) is 3.92. The Bertz CT molecular complexity index is 346. The molecule has 0 aliphatic heterocycles. The van der Waals surface area contributed by atoms with E-state index in [4.69, 9.17) is 0 Å². The fraction of sp³-hybridized carbons (Fsp3) is 0.800. The van der Waals surface area contributed by atoms with Crippen molar-refractivity contribution in [3.8, 4) is 11.5 Å². The van der Waals surface area contributed by atoms with Gasteiger partial charge >= 0.3 is 0 Å². The minimum absolute atomic E-state index is 0.115. The minimum atomic E-state index is -1.29. The van der Waals surface area contributed by atoms with Gasteiger partial charge in [-0.05, 0) is 18.3 Å². The predicted octanol–water partition coefficient (Wildman–Crippen LogP) is 3.90. The summed E-state index contributed by atoms with van der Waals surface area (Å²) in [5.74, 6) is 4.39. The standard InChI is InChI=1S/C15H26OSi/c1-15(2,3)11-14(16)13-8-7-12(13)9-10-17(4,5)6/h12-13H,7-8,11H2,1-6H3/t12-,13+/m1/s1. The van der Waals surface area contributed by atoms with Crippen LogP contribution in [0.25, 0.3) is 0 Å². The average molecular weight is 250 g/mol. The summed E-state index contributed by atoms with van der Waals surface area (Å²) in [7, 11) is -1.29. The molecule has 1 aliphatic carbocycles. The van der Waals surface area contributed by atoms with Gasteiger partial charge in [0, 0.05) is 18.3 Å². The van der Waals surface area contributed by atoms with Crippen LogP contribution in [0, 0.1) is 28.7 Å². The van der Waals surface area contributed by atoms with E-state index in [2.05, 4.69) is 51.9 Å². The normalized spacial score (nSPS) is 24.6. The number of carbonyl (C=O) groups excluding carboxylic acids is 1. The molecule has 0 saturated heterocycles. The molecule has 0 N–H and O–H groups in total. The van der Waals surface area contributed by atoms with Crippen LogP contribution in [-0.4, -0.2) is 13.9 Å². The topological polar surface area (TPSA) is 17.1 Å². The number of rotatable bonds is 2. The number of hydrogen-bond donors (Lipinski definition) is 0. The monoisotopic (exact) mass is 250 g/mol. The molecule has 1 fully saturated rings. The van der Waals surface area contributed by atoms with E-state index in [0.717, 1.165) is 12.8 Å². The van der Waals surface area contributed by atoms with E-state index in [-0.39, 0.29) is 11.3 Å². The van der Waals surface area contributed by atoms with Crippen LogP contribution in [0.15, 0.2) is 0 Å². The Morgan fingerprint density at radius 3 is 2.18 bits per heavy atom. The lowest BCUT2D eigenvalue weighted by Gasteiger charge is -2.33. The molecule has 0 aromatic heterocycles. The fourth-order valence-corrected chi connectivity index (χ4v) is 2.64. The van der Waals surface area contributed by atoms with E-state index in [1.165, 1.54) is 0 Å². The molecule has 0 bridgehead atoms. The molecule has 0 unspecified atom stereocenters. The molecule has 0 spiro atoms. The highest BCUT2D eigenvalue weighted by Crippen LogP contribution is 2.37. The fourth-order valence-electron chi connectivity index (χ4n) is 2.02. The van der Waals surface area contributed by atoms with Gasteiger partial charge in [-0.2, -0.15) is 0 Å². The van der Waals surface area contributed by atoms with Crippen molar-refractivity contribution < 1.29 is 4.79 Å². The van der Waals surface area contributed by atoms with Gasteiger partial charge in [-0.3, -0.25) is 4.79 Å². The Morgan fingerprint density at radius 2 is 1.82 bits per heavy atom. The molecule has 0 radical (unpaired) electrons. The van der Waals surface area contributed by atoms with Gasteiger partial charge in [-0.1, -0.05) is 40.4 Å². The summed E-state index contributed by atoms with van der Waals surface area (Å²) in [4.78, 5) is 12.1. The lowest BCUT2D eigenvalue weighted by Crippen LogP contribution is -2.34. The number of hydrogen-bond acceptors (Lipinski definition) is 1. The Labute approximate surface area is 107 Å². The zero-order valence-electron chi connectivity index (χ0n) is 12.2. The maximum atomic E-state index is 12.1. The quantitative estimate of drug-likeness (QED) is 0.536. The molecular weight excluding hydrogens is 224 g/mol. The van der Waals surface area contributed by atoms with Gasteiger partial charge in [0.1, 0.15) is 13.9 Å². The van der Waals surface area contributed by atoms with E-state index >= 15 is 0 Å². The second-order valence-corrected chi connectivity index (χ2v) is 12.3. The molecule has 17 heavy (non-hydrogen) atoms. The summed E-state index contributed by atoms with van der Waals surface area (Å²) >= 11 is 0. The smallest absolute Gasteiger partial charge is 0.137 e. The SMILES string of the molecule is CC(C)(C)CC(=O)[C@H]1CC[C@@H]1C#C[Si](C)(C)C. The summed E-state index contributed by atoms with van der Waals surface area (Å²) < 4.78 is 0. The van der Waals surface area contributed by atoms with Gasteiger partial charge in [-0.15, -0.1) is 11.5 Å². The van der Waals surface area contributed by atoms with Crippen LogP contribution in [0.4, 0.5) is 0 Å². The second kappa shape index (κ2) is 4.98. The van der Waals surface area contributed by atoms with Crippen molar-refractivity contribution in [2.75, 3.05) is 0 Å². The van der Waals surface area contributed by atoms with E-state index in [1.807, 2.05) is 0 Å². The maximum absolute atomic E-state index is 12.1. The Balaban J connectivity index is 2.57. The van der Waals surface area contributed by atoms with Crippen molar-refractivity contribution in [1.29, 1.82) is 0 Å². The zero-order chi connectivity index (χ0) is 13.3. The van der Waals surface area contributed by atoms with Crippen molar-refractivity contribution in [3.05, 3.63) is 0 Å². The molecule has 2 atom stereocenters. The van der Waals surface area contributed by atoms with Crippen LogP contribution >= 0.6 is 0 Å². The molecule has 1 nitrogen and oxygen atoms in total. The summed E-state index contributed by atoms with van der Waals surface area (Å²) in [5.41, 5.74) is 3.52. The van der Waals surface area contributed by atoms with Gasteiger partial charge in [0.05, 0.1) is 0 Å². The molecule has 1 aliphatic rings. The number of ketones is 1. The third-order valence-electron chi connectivity index (χ3n) is 3.03. The Hall–Kier alpha value is -0.553. The van der Waals surface area contributed by atoms with E-state index in [0.29, 0.717) is 18.1 Å². The third kappa shape index (κ3) is 5.08. The van der Waals surface area contributed by atoms with Crippen molar-refractivity contribution >= 4 is 13.9 Å². The number of Topliss-reactive ketones (excluding diaryl/α,β-unsaturated/α-hetero) is 1. The van der Waals surface area contributed by atoms with Crippen LogP contribution in [0.2, 0.25) is 19.6 Å². The van der Waals surface area contributed by atoms with Crippen LogP contribution in [-0.2, 0) is 4.79 Å². The lowest BCUT2D eigenvalue weighted by molar-refractivity contribution is -0.128. The first-order chi connectivity index (χ1) is 7.58. The predicted molar refractivity (Wildman–Crippen MR) is 76.4 cm³/mol. The van der Waals surface area contributed by atoms with E-state index in [9.17, 15) is 4.79 Å². The average Bonchev–Trinajstić information content (AvgIpc) is 1.94. The van der Waals surface area contributed by atoms with E-state index < -0.39 is 8.07 Å². The minimum Gasteiger partial charge on any atom is -0.299 e. The summed E-state index contributed by atoms with van der Waals surface area (Å²) in [6.07, 6.45) is 2.88. The van der Waals surface area contributed by atoms with Crippen LogP contribution in [0.1, 0.15) is 40.0 Å². The summed E-state index contributed by atoms with van der Waals surface area (Å²) in [6.45, 7) is 13.2. The summed E-state index contributed by atoms with van der Waals surface area (Å²) in [6, 6.07) is 0. The molecule has 2 heteroatoms. The molecular formula is C15H26OSi. The zero-order valence-corrected chi connectivity index (χ0v) is 13.2. The lowest BCUT2D eigenvalue weighted by atomic mass is 9.69. The first-order valence-corrected chi connectivity index (χ1v) is 10.1. The van der Waals surface area contributed by atoms with Gasteiger partial charge in [0.15, 0.2) is 0 Å². The highest BCUT2D eigenvalue weighted by Gasteiger charge is 2.36. The highest BCUT2D eigenvalue weighted by molar-refractivity contribution is 6.83. The highest BCUT2D eigenvalue weighted by atomic mass is 28.3. The first kappa shape index (κ1) is 14.5. The maximum Gasteiger partial charge on any atom is 0.137 e. The van der Waals surface area contributed by atoms with Gasteiger partial charge < -0.3 is 0 Å². The molecule has 0 aromatic rings. The van der Waals surface area contributed by atoms with Crippen molar-refractivity contribution in [2.45, 2.75) is 59.7 Å². The van der Waals surface area contributed by atoms with Crippen molar-refractivity contribution in [3.63, 3.8) is 0 Å². The Kier molecular flexibility index (Phi) is 4.25. The second-order valence-electron chi connectivity index (χ2n) is 7.51. The summed E-state index contributed by atoms with van der Waals surface area (Å²) in [5, 5.41) is 0. The van der Waals surface area contributed by atoms with E-state index in [1.54, 1.807) is 0 Å². The van der Waals surface area contributed by atoms with Gasteiger partial charge in [0.2, 0.25) is 0 Å². The molecule has 0 heterocycles. The van der Waals surface area contributed by atoms with Crippen molar-refractivity contribution in [2.24, 2.45) is 17.3 Å². The molecule has 1 saturated carbocycles. The number of carbonyl (C=O) groups is 1. The molecule has 96 valence electrons. The molecule has 0 aromatic carbocycles. The first-order valence-electron chi connectivity index (χ1n) is 6.64. The van der Waals surface area contributed by atoms with Crippen LogP contribution < -0.4 is 0 Å². The molecule has 1 rings (SSSR count). The van der Waals surface area contributed by atoms with Gasteiger partial charge in [-0.25, -0.2) is 0 Å². The molecule has 0 amide bonds. The Morgan fingerprint density at radius 1 is 1.24 bits per heavy atom. The van der Waals surface area contributed by atoms with Gasteiger partial charge in [0.25, 0.3) is 0 Å². The van der Waals surface area contributed by atoms with Crippen LogP contribution in [0.5, 0.6) is 0 Å². The van der Waals surface area contributed by atoms with Crippen molar-refractivity contribution in [1.82, 2.24) is 0 Å². The largest absolute Gasteiger partial charge is 0.299 e. The van der Waals surface area contributed by atoms with Crippen LogP contribution in [0.3, 0.4) is 0 Å².